The highest BCUT2D eigenvalue weighted by molar-refractivity contribution is 6.30. The second kappa shape index (κ2) is 5.73. The predicted octanol–water partition coefficient (Wildman–Crippen LogP) is 2.72. The molecule has 0 saturated heterocycles. The summed E-state index contributed by atoms with van der Waals surface area (Å²) in [4.78, 5) is 24.1. The van der Waals surface area contributed by atoms with E-state index < -0.39 is 17.4 Å². The van der Waals surface area contributed by atoms with E-state index in [1.54, 1.807) is 13.0 Å². The Kier molecular flexibility index (Phi) is 3.89. The van der Waals surface area contributed by atoms with Crippen molar-refractivity contribution in [3.8, 4) is 17.4 Å². The number of carbonyl (C=O) groups excluding carboxylic acids is 1. The van der Waals surface area contributed by atoms with Crippen LogP contribution in [0.25, 0.3) is 11.4 Å². The smallest absolute Gasteiger partial charge is 0.350 e. The van der Waals surface area contributed by atoms with Crippen LogP contribution < -0.4 is 4.74 Å². The van der Waals surface area contributed by atoms with Crippen molar-refractivity contribution in [3.05, 3.63) is 34.9 Å². The van der Waals surface area contributed by atoms with Crippen LogP contribution >= 0.6 is 11.6 Å². The zero-order valence-corrected chi connectivity index (χ0v) is 13.2. The molecule has 1 aliphatic carbocycles. The molecule has 0 atom stereocenters. The molecule has 1 fully saturated rings. The Morgan fingerprint density at radius 3 is 2.65 bits per heavy atom. The van der Waals surface area contributed by atoms with Gasteiger partial charge in [0.2, 0.25) is 5.60 Å². The summed E-state index contributed by atoms with van der Waals surface area (Å²) < 4.78 is 23.9. The Morgan fingerprint density at radius 2 is 2.04 bits per heavy atom. The van der Waals surface area contributed by atoms with Gasteiger partial charge in [0, 0.05) is 18.4 Å². The molecule has 2 aromatic rings. The molecule has 8 heteroatoms. The van der Waals surface area contributed by atoms with Crippen LogP contribution in [0.2, 0.25) is 5.02 Å². The summed E-state index contributed by atoms with van der Waals surface area (Å²) in [6.45, 7) is 1.65. The Hall–Kier alpha value is -2.28. The minimum Gasteiger partial charge on any atom is -0.466 e. The monoisotopic (exact) mass is 337 g/mol. The van der Waals surface area contributed by atoms with Crippen LogP contribution in [0.3, 0.4) is 0 Å². The van der Waals surface area contributed by atoms with Gasteiger partial charge in [-0.2, -0.15) is 9.97 Å². The SMILES string of the molecule is COC(=O)C1(Oc2nc(C)nc(-c3ccc(Cl)c(F)c3)n2)CC1. The number of rotatable bonds is 4. The van der Waals surface area contributed by atoms with Crippen molar-refractivity contribution in [1.82, 2.24) is 15.0 Å². The number of esters is 1. The van der Waals surface area contributed by atoms with Gasteiger partial charge in [-0.05, 0) is 25.1 Å². The number of halogens is 2. The molecule has 0 N–H and O–H groups in total. The van der Waals surface area contributed by atoms with Crippen molar-refractivity contribution in [2.75, 3.05) is 7.11 Å². The number of benzene rings is 1. The summed E-state index contributed by atoms with van der Waals surface area (Å²) >= 11 is 5.67. The van der Waals surface area contributed by atoms with Gasteiger partial charge in [-0.3, -0.25) is 0 Å². The van der Waals surface area contributed by atoms with Gasteiger partial charge < -0.3 is 9.47 Å². The molecule has 0 spiro atoms. The van der Waals surface area contributed by atoms with Gasteiger partial charge in [-0.25, -0.2) is 14.2 Å². The lowest BCUT2D eigenvalue weighted by Gasteiger charge is -2.14. The van der Waals surface area contributed by atoms with Crippen LogP contribution in [0.5, 0.6) is 6.01 Å². The molecule has 1 saturated carbocycles. The Balaban J connectivity index is 1.93. The number of hydrogen-bond acceptors (Lipinski definition) is 6. The van der Waals surface area contributed by atoms with Gasteiger partial charge in [-0.15, -0.1) is 0 Å². The van der Waals surface area contributed by atoms with E-state index in [0.29, 0.717) is 24.2 Å². The van der Waals surface area contributed by atoms with Gasteiger partial charge in [-0.1, -0.05) is 11.6 Å². The molecule has 1 heterocycles. The van der Waals surface area contributed by atoms with Gasteiger partial charge in [0.15, 0.2) is 5.82 Å². The Bertz CT molecular complexity index is 781. The third kappa shape index (κ3) is 3.10. The van der Waals surface area contributed by atoms with E-state index in [0.717, 1.165) is 0 Å². The summed E-state index contributed by atoms with van der Waals surface area (Å²) in [6.07, 6.45) is 1.07. The molecule has 0 radical (unpaired) electrons. The van der Waals surface area contributed by atoms with Gasteiger partial charge >= 0.3 is 12.0 Å². The lowest BCUT2D eigenvalue weighted by molar-refractivity contribution is -0.151. The molecular weight excluding hydrogens is 325 g/mol. The second-order valence-electron chi connectivity index (χ2n) is 5.21. The Morgan fingerprint density at radius 1 is 1.30 bits per heavy atom. The van der Waals surface area contributed by atoms with Crippen LogP contribution in [0.1, 0.15) is 18.7 Å². The summed E-state index contributed by atoms with van der Waals surface area (Å²) in [7, 11) is 1.30. The zero-order chi connectivity index (χ0) is 16.6. The quantitative estimate of drug-likeness (QED) is 0.799. The maximum absolute atomic E-state index is 13.6. The Labute approximate surface area is 136 Å². The van der Waals surface area contributed by atoms with E-state index in [1.165, 1.54) is 19.2 Å². The van der Waals surface area contributed by atoms with E-state index in [2.05, 4.69) is 15.0 Å². The number of hydrogen-bond donors (Lipinski definition) is 0. The molecule has 0 unspecified atom stereocenters. The zero-order valence-electron chi connectivity index (χ0n) is 12.5. The minimum absolute atomic E-state index is 0.00533. The minimum atomic E-state index is -1.02. The van der Waals surface area contributed by atoms with Gasteiger partial charge in [0.05, 0.1) is 12.1 Å². The topological polar surface area (TPSA) is 74.2 Å². The highest BCUT2D eigenvalue weighted by atomic mass is 35.5. The third-order valence-corrected chi connectivity index (χ3v) is 3.76. The maximum Gasteiger partial charge on any atom is 0.350 e. The summed E-state index contributed by atoms with van der Waals surface area (Å²) in [5.41, 5.74) is -0.587. The molecular formula is C15H13ClFN3O3. The molecule has 0 bridgehead atoms. The fourth-order valence-electron chi connectivity index (χ4n) is 2.09. The molecule has 1 aliphatic rings. The van der Waals surface area contributed by atoms with E-state index in [9.17, 15) is 9.18 Å². The first-order valence-electron chi connectivity index (χ1n) is 6.89. The fraction of sp³-hybridized carbons (Fsp3) is 0.333. The lowest BCUT2D eigenvalue weighted by Crippen LogP contribution is -2.31. The van der Waals surface area contributed by atoms with E-state index in [1.807, 2.05) is 0 Å². The van der Waals surface area contributed by atoms with E-state index >= 15 is 0 Å². The first kappa shape index (κ1) is 15.6. The molecule has 23 heavy (non-hydrogen) atoms. The molecule has 1 aromatic carbocycles. The highest BCUT2D eigenvalue weighted by Gasteiger charge is 2.55. The molecule has 120 valence electrons. The average Bonchev–Trinajstić information content (AvgIpc) is 3.29. The molecule has 0 aliphatic heterocycles. The van der Waals surface area contributed by atoms with Crippen LogP contribution in [0.4, 0.5) is 4.39 Å². The number of nitrogens with zero attached hydrogens (tertiary/aromatic N) is 3. The standard InChI is InChI=1S/C15H13ClFN3O3/c1-8-18-12(9-3-4-10(16)11(17)7-9)20-14(19-8)23-15(5-6-15)13(21)22-2/h3-4,7H,5-6H2,1-2H3. The van der Waals surface area contributed by atoms with Crippen molar-refractivity contribution in [2.45, 2.75) is 25.4 Å². The highest BCUT2D eigenvalue weighted by Crippen LogP contribution is 2.40. The molecule has 3 rings (SSSR count). The number of ether oxygens (including phenoxy) is 2. The number of aryl methyl sites for hydroxylation is 1. The largest absolute Gasteiger partial charge is 0.466 e. The first-order valence-corrected chi connectivity index (χ1v) is 7.27. The van der Waals surface area contributed by atoms with Crippen LogP contribution in [-0.2, 0) is 9.53 Å². The van der Waals surface area contributed by atoms with Crippen molar-refractivity contribution < 1.29 is 18.7 Å². The number of methoxy groups -OCH3 is 1. The average molecular weight is 338 g/mol. The summed E-state index contributed by atoms with van der Waals surface area (Å²) in [5.74, 6) is -0.405. The van der Waals surface area contributed by atoms with Crippen LogP contribution in [0.15, 0.2) is 18.2 Å². The fourth-order valence-corrected chi connectivity index (χ4v) is 2.21. The van der Waals surface area contributed by atoms with Crippen molar-refractivity contribution in [2.24, 2.45) is 0 Å². The first-order chi connectivity index (χ1) is 10.9. The van der Waals surface area contributed by atoms with Crippen LogP contribution in [-0.4, -0.2) is 33.6 Å². The molecule has 6 nitrogen and oxygen atoms in total. The molecule has 0 amide bonds. The van der Waals surface area contributed by atoms with Crippen molar-refractivity contribution in [3.63, 3.8) is 0 Å². The number of carbonyl (C=O) groups is 1. The molecule has 1 aromatic heterocycles. The predicted molar refractivity (Wildman–Crippen MR) is 79.6 cm³/mol. The third-order valence-electron chi connectivity index (χ3n) is 3.45. The van der Waals surface area contributed by atoms with Gasteiger partial charge in [0.25, 0.3) is 0 Å². The van der Waals surface area contributed by atoms with Crippen molar-refractivity contribution in [1.29, 1.82) is 0 Å². The number of aromatic nitrogens is 3. The van der Waals surface area contributed by atoms with E-state index in [-0.39, 0.29) is 16.9 Å². The normalized spacial score (nSPS) is 15.1. The van der Waals surface area contributed by atoms with Crippen LogP contribution in [0, 0.1) is 12.7 Å². The second-order valence-corrected chi connectivity index (χ2v) is 5.61. The summed E-state index contributed by atoms with van der Waals surface area (Å²) in [5, 5.41) is 0.0126. The van der Waals surface area contributed by atoms with E-state index in [4.69, 9.17) is 21.1 Å². The lowest BCUT2D eigenvalue weighted by atomic mass is 10.2. The maximum atomic E-state index is 13.6. The van der Waals surface area contributed by atoms with Gasteiger partial charge in [0.1, 0.15) is 11.6 Å². The van der Waals surface area contributed by atoms with Crippen molar-refractivity contribution >= 4 is 17.6 Å². The summed E-state index contributed by atoms with van der Waals surface area (Å²) in [6, 6.07) is 4.25.